The first kappa shape index (κ1) is 15.1. The number of nitrogens with two attached hydrogens (primary N) is 1. The third kappa shape index (κ3) is 7.08. The zero-order valence-corrected chi connectivity index (χ0v) is 10.6. The summed E-state index contributed by atoms with van der Waals surface area (Å²) in [7, 11) is -3.05. The van der Waals surface area contributed by atoms with Crippen LogP contribution in [0.5, 0.6) is 0 Å². The molecule has 0 saturated carbocycles. The second kappa shape index (κ2) is 6.65. The van der Waals surface area contributed by atoms with Crippen LogP contribution in [0.3, 0.4) is 0 Å². The standard InChI is InChI=1S/C8H19N3O2S.ClH/c1-14(12,13)10-4-6-11-5-2-3-8(9)7-11;/h8,10H,2-7,9H2,1H3;1H/t8-;/m1./s1. The van der Waals surface area contributed by atoms with Crippen molar-refractivity contribution in [1.29, 1.82) is 0 Å². The van der Waals surface area contributed by atoms with Gasteiger partial charge in [0.15, 0.2) is 0 Å². The molecule has 0 spiro atoms. The van der Waals surface area contributed by atoms with Crippen molar-refractivity contribution in [3.63, 3.8) is 0 Å². The maximum atomic E-state index is 10.8. The van der Waals surface area contributed by atoms with E-state index in [1.807, 2.05) is 0 Å². The molecular weight excluding hydrogens is 238 g/mol. The van der Waals surface area contributed by atoms with Gasteiger partial charge in [-0.25, -0.2) is 13.1 Å². The minimum absolute atomic E-state index is 0. The third-order valence-corrected chi connectivity index (χ3v) is 3.06. The fourth-order valence-electron chi connectivity index (χ4n) is 1.68. The van der Waals surface area contributed by atoms with Gasteiger partial charge in [-0.3, -0.25) is 0 Å². The molecule has 92 valence electrons. The average molecular weight is 258 g/mol. The van der Waals surface area contributed by atoms with Crippen molar-refractivity contribution in [2.24, 2.45) is 5.73 Å². The maximum absolute atomic E-state index is 10.8. The lowest BCUT2D eigenvalue weighted by Crippen LogP contribution is -2.45. The van der Waals surface area contributed by atoms with Crippen LogP contribution in [0.1, 0.15) is 12.8 Å². The quantitative estimate of drug-likeness (QED) is 0.704. The Morgan fingerprint density at radius 3 is 2.73 bits per heavy atom. The molecule has 1 atom stereocenters. The van der Waals surface area contributed by atoms with E-state index in [2.05, 4.69) is 9.62 Å². The summed E-state index contributed by atoms with van der Waals surface area (Å²) in [6.45, 7) is 3.14. The summed E-state index contributed by atoms with van der Waals surface area (Å²) in [5.74, 6) is 0. The topological polar surface area (TPSA) is 75.4 Å². The average Bonchev–Trinajstić information content (AvgIpc) is 2.01. The van der Waals surface area contributed by atoms with Gasteiger partial charge < -0.3 is 10.6 Å². The largest absolute Gasteiger partial charge is 0.327 e. The molecule has 1 rings (SSSR count). The van der Waals surface area contributed by atoms with Gasteiger partial charge >= 0.3 is 0 Å². The first-order valence-electron chi connectivity index (χ1n) is 4.90. The van der Waals surface area contributed by atoms with E-state index >= 15 is 0 Å². The highest BCUT2D eigenvalue weighted by atomic mass is 35.5. The molecule has 0 aromatic carbocycles. The van der Waals surface area contributed by atoms with E-state index in [0.29, 0.717) is 6.54 Å². The van der Waals surface area contributed by atoms with Crippen LogP contribution in [-0.2, 0) is 10.0 Å². The van der Waals surface area contributed by atoms with Crippen molar-refractivity contribution >= 4 is 22.4 Å². The summed E-state index contributed by atoms with van der Waals surface area (Å²) >= 11 is 0. The summed E-state index contributed by atoms with van der Waals surface area (Å²) in [6, 6.07) is 0.252. The monoisotopic (exact) mass is 257 g/mol. The molecule has 0 aliphatic carbocycles. The summed E-state index contributed by atoms with van der Waals surface area (Å²) in [4.78, 5) is 2.20. The molecular formula is C8H20ClN3O2S. The Morgan fingerprint density at radius 1 is 1.53 bits per heavy atom. The lowest BCUT2D eigenvalue weighted by molar-refractivity contribution is 0.213. The summed E-state index contributed by atoms with van der Waals surface area (Å²) in [5, 5.41) is 0. The van der Waals surface area contributed by atoms with E-state index in [-0.39, 0.29) is 18.4 Å². The van der Waals surface area contributed by atoms with E-state index < -0.39 is 10.0 Å². The van der Waals surface area contributed by atoms with E-state index in [9.17, 15) is 8.42 Å². The second-order valence-electron chi connectivity index (χ2n) is 3.87. The molecule has 1 saturated heterocycles. The molecule has 0 aromatic rings. The Kier molecular flexibility index (Phi) is 6.70. The predicted molar refractivity (Wildman–Crippen MR) is 63.7 cm³/mol. The Balaban J connectivity index is 0.00000196. The van der Waals surface area contributed by atoms with Gasteiger partial charge in [-0.2, -0.15) is 0 Å². The fraction of sp³-hybridized carbons (Fsp3) is 1.00. The molecule has 7 heteroatoms. The zero-order valence-electron chi connectivity index (χ0n) is 8.98. The van der Waals surface area contributed by atoms with E-state index in [0.717, 1.165) is 32.5 Å². The first-order valence-corrected chi connectivity index (χ1v) is 6.79. The molecule has 1 aliphatic heterocycles. The molecule has 5 nitrogen and oxygen atoms in total. The van der Waals surface area contributed by atoms with Crippen LogP contribution in [-0.4, -0.2) is 51.8 Å². The van der Waals surface area contributed by atoms with Crippen LogP contribution < -0.4 is 10.5 Å². The van der Waals surface area contributed by atoms with Gasteiger partial charge in [0, 0.05) is 25.7 Å². The smallest absolute Gasteiger partial charge is 0.208 e. The number of piperidine rings is 1. The van der Waals surface area contributed by atoms with Crippen molar-refractivity contribution in [2.45, 2.75) is 18.9 Å². The minimum atomic E-state index is -3.05. The number of nitrogens with zero attached hydrogens (tertiary/aromatic N) is 1. The lowest BCUT2D eigenvalue weighted by Gasteiger charge is -2.30. The van der Waals surface area contributed by atoms with Crippen molar-refractivity contribution in [3.8, 4) is 0 Å². The summed E-state index contributed by atoms with van der Waals surface area (Å²) in [6.07, 6.45) is 3.37. The Hall–Kier alpha value is 0.120. The molecule has 1 fully saturated rings. The van der Waals surface area contributed by atoms with Crippen LogP contribution in [0.2, 0.25) is 0 Å². The molecule has 0 radical (unpaired) electrons. The molecule has 15 heavy (non-hydrogen) atoms. The third-order valence-electron chi connectivity index (χ3n) is 2.33. The number of halogens is 1. The van der Waals surface area contributed by atoms with Gasteiger partial charge in [0.1, 0.15) is 0 Å². The van der Waals surface area contributed by atoms with Crippen LogP contribution in [0.15, 0.2) is 0 Å². The van der Waals surface area contributed by atoms with Crippen molar-refractivity contribution in [3.05, 3.63) is 0 Å². The zero-order chi connectivity index (χ0) is 10.6. The van der Waals surface area contributed by atoms with Gasteiger partial charge in [-0.1, -0.05) is 0 Å². The molecule has 0 unspecified atom stereocenters. The SMILES string of the molecule is CS(=O)(=O)NCCN1CCC[C@@H](N)C1.Cl. The van der Waals surface area contributed by atoms with Gasteiger partial charge in [0.2, 0.25) is 10.0 Å². The molecule has 0 bridgehead atoms. The number of likely N-dealkylation sites (tertiary alicyclic amines) is 1. The van der Waals surface area contributed by atoms with E-state index in [1.54, 1.807) is 0 Å². The fourth-order valence-corrected chi connectivity index (χ4v) is 2.15. The van der Waals surface area contributed by atoms with Crippen LogP contribution in [0.4, 0.5) is 0 Å². The number of hydrogen-bond acceptors (Lipinski definition) is 4. The number of hydrogen-bond donors (Lipinski definition) is 2. The highest BCUT2D eigenvalue weighted by Crippen LogP contribution is 2.06. The van der Waals surface area contributed by atoms with Gasteiger partial charge in [-0.05, 0) is 19.4 Å². The Morgan fingerprint density at radius 2 is 2.20 bits per heavy atom. The molecule has 0 amide bonds. The van der Waals surface area contributed by atoms with Crippen LogP contribution in [0.25, 0.3) is 0 Å². The summed E-state index contributed by atoms with van der Waals surface area (Å²) < 4.78 is 24.0. The van der Waals surface area contributed by atoms with Crippen LogP contribution in [0, 0.1) is 0 Å². The number of nitrogens with one attached hydrogen (secondary N) is 1. The lowest BCUT2D eigenvalue weighted by atomic mass is 10.1. The van der Waals surface area contributed by atoms with E-state index in [4.69, 9.17) is 5.73 Å². The minimum Gasteiger partial charge on any atom is -0.327 e. The van der Waals surface area contributed by atoms with Crippen LogP contribution >= 0.6 is 12.4 Å². The maximum Gasteiger partial charge on any atom is 0.208 e. The predicted octanol–water partition coefficient (Wildman–Crippen LogP) is -0.619. The van der Waals surface area contributed by atoms with Crippen molar-refractivity contribution in [2.75, 3.05) is 32.4 Å². The molecule has 1 heterocycles. The second-order valence-corrected chi connectivity index (χ2v) is 5.70. The van der Waals surface area contributed by atoms with Crippen molar-refractivity contribution < 1.29 is 8.42 Å². The first-order chi connectivity index (χ1) is 6.47. The summed E-state index contributed by atoms with van der Waals surface area (Å²) in [5.41, 5.74) is 5.80. The van der Waals surface area contributed by atoms with Gasteiger partial charge in [0.25, 0.3) is 0 Å². The normalized spacial score (nSPS) is 23.5. The highest BCUT2D eigenvalue weighted by Gasteiger charge is 2.15. The highest BCUT2D eigenvalue weighted by molar-refractivity contribution is 7.88. The molecule has 1 aliphatic rings. The Labute approximate surface area is 97.9 Å². The van der Waals surface area contributed by atoms with Gasteiger partial charge in [-0.15, -0.1) is 12.4 Å². The number of rotatable bonds is 4. The molecule has 0 aromatic heterocycles. The van der Waals surface area contributed by atoms with Crippen molar-refractivity contribution in [1.82, 2.24) is 9.62 Å². The van der Waals surface area contributed by atoms with Gasteiger partial charge in [0.05, 0.1) is 6.26 Å². The van der Waals surface area contributed by atoms with E-state index in [1.165, 1.54) is 6.26 Å². The number of sulfonamides is 1. The Bertz CT molecular complexity index is 271. The molecule has 3 N–H and O–H groups in total.